The van der Waals surface area contributed by atoms with Gasteiger partial charge in [-0.25, -0.2) is 4.98 Å². The number of amides is 2. The van der Waals surface area contributed by atoms with Crippen LogP contribution in [0, 0.1) is 5.92 Å². The van der Waals surface area contributed by atoms with Gasteiger partial charge in [0.2, 0.25) is 11.8 Å². The van der Waals surface area contributed by atoms with Gasteiger partial charge in [0.1, 0.15) is 0 Å². The molecule has 0 radical (unpaired) electrons. The molecule has 2 heterocycles. The minimum absolute atomic E-state index is 0.0451. The first kappa shape index (κ1) is 15.5. The van der Waals surface area contributed by atoms with Crippen LogP contribution in [-0.4, -0.2) is 29.4 Å². The van der Waals surface area contributed by atoms with Crippen molar-refractivity contribution in [1.82, 2.24) is 10.3 Å². The van der Waals surface area contributed by atoms with Gasteiger partial charge in [-0.1, -0.05) is 19.8 Å². The molecule has 22 heavy (non-hydrogen) atoms. The summed E-state index contributed by atoms with van der Waals surface area (Å²) in [5.41, 5.74) is 0.765. The maximum Gasteiger partial charge on any atom is 0.228 e. The maximum absolute atomic E-state index is 12.2. The number of aromatic nitrogens is 1. The van der Waals surface area contributed by atoms with Crippen molar-refractivity contribution in [3.8, 4) is 0 Å². The van der Waals surface area contributed by atoms with E-state index in [1.54, 1.807) is 4.90 Å². The van der Waals surface area contributed by atoms with Gasteiger partial charge in [0.05, 0.1) is 12.1 Å². The van der Waals surface area contributed by atoms with Crippen LogP contribution in [0.4, 0.5) is 5.13 Å². The molecule has 2 unspecified atom stereocenters. The number of nitrogens with zero attached hydrogens (tertiary/aromatic N) is 2. The predicted octanol–water partition coefficient (Wildman–Crippen LogP) is 2.51. The lowest BCUT2D eigenvalue weighted by Crippen LogP contribution is -2.38. The minimum Gasteiger partial charge on any atom is -0.353 e. The Morgan fingerprint density at radius 1 is 1.45 bits per heavy atom. The van der Waals surface area contributed by atoms with Crippen molar-refractivity contribution in [1.29, 1.82) is 0 Å². The van der Waals surface area contributed by atoms with Crippen LogP contribution in [-0.2, 0) is 16.0 Å². The van der Waals surface area contributed by atoms with E-state index in [1.165, 1.54) is 24.2 Å². The van der Waals surface area contributed by atoms with Gasteiger partial charge in [-0.2, -0.15) is 0 Å². The van der Waals surface area contributed by atoms with Crippen LogP contribution in [0.1, 0.15) is 51.1 Å². The molecule has 2 atom stereocenters. The first-order chi connectivity index (χ1) is 10.6. The maximum atomic E-state index is 12.2. The molecule has 0 aromatic carbocycles. The Kier molecular flexibility index (Phi) is 4.76. The monoisotopic (exact) mass is 321 g/mol. The summed E-state index contributed by atoms with van der Waals surface area (Å²) in [4.78, 5) is 30.1. The SMILES string of the molecule is CC1CCCC(NC(=O)Cc2csc(N3CCCC3=O)n2)C1. The van der Waals surface area contributed by atoms with Gasteiger partial charge in [0.25, 0.3) is 0 Å². The molecule has 120 valence electrons. The second-order valence-electron chi connectivity index (χ2n) is 6.48. The molecule has 2 amide bonds. The standard InChI is InChI=1S/C16H23N3O2S/c1-11-4-2-5-12(8-11)17-14(20)9-13-10-22-16(18-13)19-7-3-6-15(19)21/h10-12H,2-9H2,1H3,(H,17,20). The largest absolute Gasteiger partial charge is 0.353 e. The minimum atomic E-state index is 0.0451. The first-order valence-corrected chi connectivity index (χ1v) is 9.04. The summed E-state index contributed by atoms with van der Waals surface area (Å²) < 4.78 is 0. The van der Waals surface area contributed by atoms with Crippen molar-refractivity contribution >= 4 is 28.3 Å². The summed E-state index contributed by atoms with van der Waals surface area (Å²) in [5, 5.41) is 5.76. The van der Waals surface area contributed by atoms with Crippen LogP contribution in [0.25, 0.3) is 0 Å². The smallest absolute Gasteiger partial charge is 0.228 e. The molecule has 1 aromatic heterocycles. The number of nitrogens with one attached hydrogen (secondary N) is 1. The second-order valence-corrected chi connectivity index (χ2v) is 7.32. The molecule has 1 aromatic rings. The molecule has 1 saturated heterocycles. The molecule has 0 bridgehead atoms. The normalized spacial score (nSPS) is 25.5. The zero-order valence-electron chi connectivity index (χ0n) is 13.0. The van der Waals surface area contributed by atoms with Crippen molar-refractivity contribution in [2.75, 3.05) is 11.4 Å². The molecule has 0 spiro atoms. The Balaban J connectivity index is 1.53. The molecule has 1 aliphatic heterocycles. The Bertz CT molecular complexity index is 557. The number of hydrogen-bond acceptors (Lipinski definition) is 4. The third-order valence-corrected chi connectivity index (χ3v) is 5.40. The number of rotatable bonds is 4. The Hall–Kier alpha value is -1.43. The van der Waals surface area contributed by atoms with Gasteiger partial charge >= 0.3 is 0 Å². The highest BCUT2D eigenvalue weighted by Gasteiger charge is 2.25. The van der Waals surface area contributed by atoms with Crippen molar-refractivity contribution in [3.05, 3.63) is 11.1 Å². The molecular weight excluding hydrogens is 298 g/mol. The van der Waals surface area contributed by atoms with Gasteiger partial charge < -0.3 is 5.32 Å². The van der Waals surface area contributed by atoms with Crippen molar-refractivity contribution in [2.45, 2.75) is 57.9 Å². The van der Waals surface area contributed by atoms with E-state index in [0.29, 0.717) is 24.8 Å². The quantitative estimate of drug-likeness (QED) is 0.927. The summed E-state index contributed by atoms with van der Waals surface area (Å²) in [5.74, 6) is 0.886. The number of hydrogen-bond donors (Lipinski definition) is 1. The average molecular weight is 321 g/mol. The summed E-state index contributed by atoms with van der Waals surface area (Å²) in [6.07, 6.45) is 6.44. The summed E-state index contributed by atoms with van der Waals surface area (Å²) in [7, 11) is 0. The van der Waals surface area contributed by atoms with Crippen LogP contribution < -0.4 is 10.2 Å². The van der Waals surface area contributed by atoms with Gasteiger partial charge in [0, 0.05) is 24.4 Å². The van der Waals surface area contributed by atoms with Gasteiger partial charge in [-0.15, -0.1) is 11.3 Å². The van der Waals surface area contributed by atoms with Crippen molar-refractivity contribution in [2.24, 2.45) is 5.92 Å². The van der Waals surface area contributed by atoms with E-state index in [-0.39, 0.29) is 11.8 Å². The molecule has 1 saturated carbocycles. The lowest BCUT2D eigenvalue weighted by Gasteiger charge is -2.27. The van der Waals surface area contributed by atoms with Crippen LogP contribution in [0.2, 0.25) is 0 Å². The Morgan fingerprint density at radius 3 is 3.05 bits per heavy atom. The van der Waals surface area contributed by atoms with Gasteiger partial charge in [-0.05, 0) is 25.2 Å². The lowest BCUT2D eigenvalue weighted by molar-refractivity contribution is -0.121. The highest BCUT2D eigenvalue weighted by atomic mass is 32.1. The molecular formula is C16H23N3O2S. The molecule has 2 aliphatic rings. The Labute approximate surface area is 135 Å². The van der Waals surface area contributed by atoms with Crippen molar-refractivity contribution < 1.29 is 9.59 Å². The Morgan fingerprint density at radius 2 is 2.32 bits per heavy atom. The number of carbonyl (C=O) groups excluding carboxylic acids is 2. The fourth-order valence-corrected chi connectivity index (χ4v) is 4.23. The highest BCUT2D eigenvalue weighted by molar-refractivity contribution is 7.14. The van der Waals surface area contributed by atoms with Crippen LogP contribution >= 0.6 is 11.3 Å². The van der Waals surface area contributed by atoms with E-state index in [0.717, 1.165) is 36.6 Å². The van der Waals surface area contributed by atoms with Crippen molar-refractivity contribution in [3.63, 3.8) is 0 Å². The molecule has 6 heteroatoms. The van der Waals surface area contributed by atoms with E-state index in [1.807, 2.05) is 5.38 Å². The van der Waals surface area contributed by atoms with E-state index in [4.69, 9.17) is 0 Å². The van der Waals surface area contributed by atoms with E-state index in [9.17, 15) is 9.59 Å². The lowest BCUT2D eigenvalue weighted by atomic mass is 9.87. The highest BCUT2D eigenvalue weighted by Crippen LogP contribution is 2.26. The van der Waals surface area contributed by atoms with E-state index in [2.05, 4.69) is 17.2 Å². The molecule has 1 aliphatic carbocycles. The topological polar surface area (TPSA) is 62.3 Å². The zero-order chi connectivity index (χ0) is 15.5. The molecule has 1 N–H and O–H groups in total. The summed E-state index contributed by atoms with van der Waals surface area (Å²) in [6.45, 7) is 3.00. The average Bonchev–Trinajstić information content (AvgIpc) is 3.07. The summed E-state index contributed by atoms with van der Waals surface area (Å²) in [6, 6.07) is 0.314. The number of anilines is 1. The number of thiazole rings is 1. The predicted molar refractivity (Wildman–Crippen MR) is 87.0 cm³/mol. The first-order valence-electron chi connectivity index (χ1n) is 8.16. The van der Waals surface area contributed by atoms with Gasteiger partial charge in [-0.3, -0.25) is 14.5 Å². The third kappa shape index (κ3) is 3.66. The number of carbonyl (C=O) groups is 2. The molecule has 5 nitrogen and oxygen atoms in total. The molecule has 2 fully saturated rings. The van der Waals surface area contributed by atoms with E-state index < -0.39 is 0 Å². The fourth-order valence-electron chi connectivity index (χ4n) is 3.36. The zero-order valence-corrected chi connectivity index (χ0v) is 13.8. The molecule has 3 rings (SSSR count). The van der Waals surface area contributed by atoms with Crippen LogP contribution in [0.5, 0.6) is 0 Å². The summed E-state index contributed by atoms with van der Waals surface area (Å²) >= 11 is 1.45. The second kappa shape index (κ2) is 6.77. The van der Waals surface area contributed by atoms with Crippen LogP contribution in [0.3, 0.4) is 0 Å². The van der Waals surface area contributed by atoms with E-state index >= 15 is 0 Å². The van der Waals surface area contributed by atoms with Gasteiger partial charge in [0.15, 0.2) is 5.13 Å². The van der Waals surface area contributed by atoms with Crippen LogP contribution in [0.15, 0.2) is 5.38 Å². The fraction of sp³-hybridized carbons (Fsp3) is 0.688. The third-order valence-electron chi connectivity index (χ3n) is 4.49.